The van der Waals surface area contributed by atoms with Gasteiger partial charge in [0.2, 0.25) is 0 Å². The van der Waals surface area contributed by atoms with Gasteiger partial charge in [0.15, 0.2) is 11.3 Å². The van der Waals surface area contributed by atoms with Crippen molar-refractivity contribution in [3.8, 4) is 11.4 Å². The van der Waals surface area contributed by atoms with Crippen LogP contribution in [0.1, 0.15) is 29.3 Å². The van der Waals surface area contributed by atoms with Gasteiger partial charge in [0.1, 0.15) is 5.58 Å². The van der Waals surface area contributed by atoms with Crippen molar-refractivity contribution < 1.29 is 4.42 Å². The lowest BCUT2D eigenvalue weighted by molar-refractivity contribution is 0.240. The summed E-state index contributed by atoms with van der Waals surface area (Å²) in [5.74, 6) is 0.714. The van der Waals surface area contributed by atoms with Crippen molar-refractivity contribution in [1.29, 1.82) is 0 Å². The van der Waals surface area contributed by atoms with Crippen molar-refractivity contribution in [2.24, 2.45) is 0 Å². The van der Waals surface area contributed by atoms with E-state index in [1.54, 1.807) is 6.26 Å². The molecule has 0 spiro atoms. The van der Waals surface area contributed by atoms with E-state index in [0.29, 0.717) is 40.5 Å². The first-order valence-electron chi connectivity index (χ1n) is 10.5. The zero-order chi connectivity index (χ0) is 21.4. The molecule has 0 unspecified atom stereocenters. The Hall–Kier alpha value is -3.02. The van der Waals surface area contributed by atoms with Gasteiger partial charge >= 0.3 is 0 Å². The third kappa shape index (κ3) is 3.99. The molecule has 0 amide bonds. The van der Waals surface area contributed by atoms with Gasteiger partial charge in [-0.3, -0.25) is 9.69 Å². The summed E-state index contributed by atoms with van der Waals surface area (Å²) in [7, 11) is 0. The summed E-state index contributed by atoms with van der Waals surface area (Å²) < 4.78 is 5.75. The zero-order valence-electron chi connectivity index (χ0n) is 17.3. The van der Waals surface area contributed by atoms with E-state index >= 15 is 0 Å². The first kappa shape index (κ1) is 19.9. The number of halogens is 1. The van der Waals surface area contributed by atoms with Gasteiger partial charge in [-0.15, -0.1) is 0 Å². The molecule has 0 atom stereocenters. The zero-order valence-corrected chi connectivity index (χ0v) is 18.0. The molecule has 1 aliphatic heterocycles. The molecule has 0 radical (unpaired) electrons. The Bertz CT molecular complexity index is 1310. The molecular formula is C25H22ClN3O2. The maximum absolute atomic E-state index is 13.0. The fraction of sp³-hybridized carbons (Fsp3) is 0.240. The van der Waals surface area contributed by atoms with E-state index in [1.165, 1.54) is 0 Å². The van der Waals surface area contributed by atoms with Gasteiger partial charge in [-0.1, -0.05) is 24.6 Å². The molecule has 0 N–H and O–H groups in total. The molecule has 5 rings (SSSR count). The summed E-state index contributed by atoms with van der Waals surface area (Å²) in [6.07, 6.45) is 5.21. The molecule has 0 saturated heterocycles. The minimum Gasteiger partial charge on any atom is -0.464 e. The van der Waals surface area contributed by atoms with Gasteiger partial charge in [-0.05, 0) is 48.4 Å². The van der Waals surface area contributed by atoms with Crippen LogP contribution in [-0.4, -0.2) is 21.4 Å². The number of benzene rings is 2. The fourth-order valence-electron chi connectivity index (χ4n) is 4.04. The summed E-state index contributed by atoms with van der Waals surface area (Å²) >= 11 is 5.98. The standard InChI is InChI=1S/C25H22ClN3O2/c1-2-16-3-8-23-21(11-16)24(30)19(15-31-23)14-29-10-9-22-18(13-29)12-27-25(28-22)17-4-6-20(26)7-5-17/h3-8,11-12,15H,2,9-10,13-14H2,1H3. The lowest BCUT2D eigenvalue weighted by Crippen LogP contribution is -2.32. The average molecular weight is 432 g/mol. The molecule has 3 heterocycles. The van der Waals surface area contributed by atoms with Gasteiger partial charge in [0.25, 0.3) is 0 Å². The van der Waals surface area contributed by atoms with Crippen LogP contribution in [0.5, 0.6) is 0 Å². The summed E-state index contributed by atoms with van der Waals surface area (Å²) in [6.45, 7) is 4.17. The molecule has 6 heteroatoms. The van der Waals surface area contributed by atoms with E-state index in [2.05, 4.69) is 16.8 Å². The van der Waals surface area contributed by atoms with E-state index in [4.69, 9.17) is 21.0 Å². The number of aryl methyl sites for hydroxylation is 1. The molecule has 156 valence electrons. The SMILES string of the molecule is CCc1ccc2occ(CN3CCc4nc(-c5ccc(Cl)cc5)ncc4C3)c(=O)c2c1. The van der Waals surface area contributed by atoms with E-state index in [-0.39, 0.29) is 5.43 Å². The third-order valence-electron chi connectivity index (χ3n) is 5.83. The molecule has 0 fully saturated rings. The topological polar surface area (TPSA) is 59.2 Å². The highest BCUT2D eigenvalue weighted by Crippen LogP contribution is 2.23. The Labute approximate surface area is 185 Å². The van der Waals surface area contributed by atoms with Gasteiger partial charge in [-0.2, -0.15) is 0 Å². The van der Waals surface area contributed by atoms with Crippen molar-refractivity contribution in [3.05, 3.63) is 92.6 Å². The summed E-state index contributed by atoms with van der Waals surface area (Å²) in [6, 6.07) is 13.4. The third-order valence-corrected chi connectivity index (χ3v) is 6.08. The van der Waals surface area contributed by atoms with Crippen LogP contribution < -0.4 is 5.43 Å². The van der Waals surface area contributed by atoms with E-state index in [1.807, 2.05) is 48.7 Å². The Balaban J connectivity index is 1.37. The van der Waals surface area contributed by atoms with Gasteiger partial charge in [0, 0.05) is 54.0 Å². The second kappa shape index (κ2) is 8.25. The largest absolute Gasteiger partial charge is 0.464 e. The van der Waals surface area contributed by atoms with E-state index < -0.39 is 0 Å². The fourth-order valence-corrected chi connectivity index (χ4v) is 4.16. The number of hydrogen-bond acceptors (Lipinski definition) is 5. The molecule has 0 saturated carbocycles. The molecule has 4 aromatic rings. The number of rotatable bonds is 4. The molecular weight excluding hydrogens is 410 g/mol. The van der Waals surface area contributed by atoms with Crippen molar-refractivity contribution in [1.82, 2.24) is 14.9 Å². The molecule has 1 aliphatic rings. The average Bonchev–Trinajstić information content (AvgIpc) is 2.81. The first-order valence-corrected chi connectivity index (χ1v) is 10.8. The van der Waals surface area contributed by atoms with Crippen molar-refractivity contribution in [3.63, 3.8) is 0 Å². The molecule has 31 heavy (non-hydrogen) atoms. The maximum atomic E-state index is 13.0. The van der Waals surface area contributed by atoms with Crippen molar-refractivity contribution in [2.75, 3.05) is 6.54 Å². The van der Waals surface area contributed by atoms with Gasteiger partial charge in [0.05, 0.1) is 17.3 Å². The van der Waals surface area contributed by atoms with E-state index in [0.717, 1.165) is 41.8 Å². The first-order chi connectivity index (χ1) is 15.1. The Morgan fingerprint density at radius 3 is 2.81 bits per heavy atom. The van der Waals surface area contributed by atoms with Crippen LogP contribution in [-0.2, 0) is 25.9 Å². The maximum Gasteiger partial charge on any atom is 0.197 e. The molecule has 2 aromatic carbocycles. The molecule has 2 aromatic heterocycles. The summed E-state index contributed by atoms with van der Waals surface area (Å²) in [4.78, 5) is 24.6. The minimum atomic E-state index is 0.0525. The minimum absolute atomic E-state index is 0.0525. The highest BCUT2D eigenvalue weighted by atomic mass is 35.5. The van der Waals surface area contributed by atoms with Crippen LogP contribution in [0.15, 0.2) is 64.1 Å². The van der Waals surface area contributed by atoms with Gasteiger partial charge < -0.3 is 4.42 Å². The predicted molar refractivity (Wildman–Crippen MR) is 122 cm³/mol. The predicted octanol–water partition coefficient (Wildman–Crippen LogP) is 5.02. The quantitative estimate of drug-likeness (QED) is 0.454. The second-order valence-corrected chi connectivity index (χ2v) is 8.34. The number of hydrogen-bond donors (Lipinski definition) is 0. The summed E-state index contributed by atoms with van der Waals surface area (Å²) in [5, 5.41) is 1.35. The van der Waals surface area contributed by atoms with Crippen LogP contribution in [0.4, 0.5) is 0 Å². The second-order valence-electron chi connectivity index (χ2n) is 7.91. The molecule has 0 bridgehead atoms. The van der Waals surface area contributed by atoms with Gasteiger partial charge in [-0.25, -0.2) is 9.97 Å². The number of aromatic nitrogens is 2. The smallest absolute Gasteiger partial charge is 0.197 e. The van der Waals surface area contributed by atoms with Crippen molar-refractivity contribution >= 4 is 22.6 Å². The molecule has 5 nitrogen and oxygen atoms in total. The molecule has 0 aliphatic carbocycles. The van der Waals surface area contributed by atoms with Crippen molar-refractivity contribution in [2.45, 2.75) is 32.9 Å². The highest BCUT2D eigenvalue weighted by Gasteiger charge is 2.20. The lowest BCUT2D eigenvalue weighted by atomic mass is 10.0. The summed E-state index contributed by atoms with van der Waals surface area (Å²) in [5.41, 5.74) is 5.63. The lowest BCUT2D eigenvalue weighted by Gasteiger charge is -2.27. The highest BCUT2D eigenvalue weighted by molar-refractivity contribution is 6.30. The number of fused-ring (bicyclic) bond motifs is 2. The van der Waals surface area contributed by atoms with Crippen LogP contribution in [0, 0.1) is 0 Å². The van der Waals surface area contributed by atoms with Crippen LogP contribution in [0.3, 0.4) is 0 Å². The van der Waals surface area contributed by atoms with Crippen LogP contribution in [0.2, 0.25) is 5.02 Å². The van der Waals surface area contributed by atoms with E-state index in [9.17, 15) is 4.79 Å². The Kier molecular flexibility index (Phi) is 5.30. The van der Waals surface area contributed by atoms with Crippen LogP contribution in [0.25, 0.3) is 22.4 Å². The normalized spacial score (nSPS) is 14.0. The number of nitrogens with zero attached hydrogens (tertiary/aromatic N) is 3. The Morgan fingerprint density at radius 2 is 2.00 bits per heavy atom. The van der Waals surface area contributed by atoms with Crippen LogP contribution >= 0.6 is 11.6 Å². The monoisotopic (exact) mass is 431 g/mol. The Morgan fingerprint density at radius 1 is 1.16 bits per heavy atom.